The molecular weight excluding hydrogens is 371 g/mol. The van der Waals surface area contributed by atoms with E-state index in [0.717, 1.165) is 35.4 Å². The van der Waals surface area contributed by atoms with Crippen LogP contribution in [0.15, 0.2) is 24.3 Å². The summed E-state index contributed by atoms with van der Waals surface area (Å²) in [7, 11) is 1.37. The van der Waals surface area contributed by atoms with Crippen molar-refractivity contribution in [2.24, 2.45) is 0 Å². The van der Waals surface area contributed by atoms with Gasteiger partial charge in [0.15, 0.2) is 5.11 Å². The third-order valence-corrected chi connectivity index (χ3v) is 6.04. The average Bonchev–Trinajstić information content (AvgIpc) is 3.03. The summed E-state index contributed by atoms with van der Waals surface area (Å²) in [6.45, 7) is 4.12. The third-order valence-electron chi connectivity index (χ3n) is 4.55. The Labute approximate surface area is 162 Å². The number of carbonyl (C=O) groups excluding carboxylic acids is 1. The Morgan fingerprint density at radius 3 is 2.92 bits per heavy atom. The number of rotatable bonds is 3. The molecule has 138 valence electrons. The fourth-order valence-corrected chi connectivity index (χ4v) is 4.59. The second-order valence-electron chi connectivity index (χ2n) is 6.26. The molecule has 0 aliphatic carbocycles. The lowest BCUT2D eigenvalue weighted by atomic mass is 9.97. The molecule has 0 saturated carbocycles. The number of benzene rings is 1. The minimum atomic E-state index is -0.389. The maximum atomic E-state index is 13.6. The number of thiophene rings is 1. The highest BCUT2D eigenvalue weighted by Gasteiger charge is 2.28. The van der Waals surface area contributed by atoms with E-state index >= 15 is 0 Å². The van der Waals surface area contributed by atoms with Crippen LogP contribution in [0.5, 0.6) is 0 Å². The second kappa shape index (κ2) is 7.72. The summed E-state index contributed by atoms with van der Waals surface area (Å²) in [5.74, 6) is -0.628. The lowest BCUT2D eigenvalue weighted by molar-refractivity contribution is 0.0602. The van der Waals surface area contributed by atoms with Gasteiger partial charge in [-0.25, -0.2) is 9.18 Å². The Morgan fingerprint density at radius 2 is 2.23 bits per heavy atom. The lowest BCUT2D eigenvalue weighted by Crippen LogP contribution is -2.44. The molecule has 4 nitrogen and oxygen atoms in total. The van der Waals surface area contributed by atoms with Crippen molar-refractivity contribution < 1.29 is 13.9 Å². The van der Waals surface area contributed by atoms with Crippen molar-refractivity contribution in [3.63, 3.8) is 0 Å². The Morgan fingerprint density at radius 1 is 1.46 bits per heavy atom. The van der Waals surface area contributed by atoms with Crippen molar-refractivity contribution in [1.29, 1.82) is 0 Å². The van der Waals surface area contributed by atoms with Crippen LogP contribution >= 0.6 is 23.6 Å². The van der Waals surface area contributed by atoms with Crippen LogP contribution in [0, 0.1) is 5.82 Å². The number of hydrogen-bond donors (Lipinski definition) is 1. The monoisotopic (exact) mass is 392 g/mol. The number of ether oxygens (including phenoxy) is 1. The molecule has 2 heterocycles. The first kappa shape index (κ1) is 18.8. The molecule has 0 saturated heterocycles. The standard InChI is InChI=1S/C19H21FN2O2S2/c1-4-14-10-15(18(23)24-3)17(26-14)21-19(25)22-11(2)5-6-12-9-13(20)7-8-16(12)22/h7-11H,4-6H2,1-3H3,(H,21,25). The predicted octanol–water partition coefficient (Wildman–Crippen LogP) is 4.77. The van der Waals surface area contributed by atoms with E-state index in [1.165, 1.54) is 24.5 Å². The Hall–Kier alpha value is -1.99. The Balaban J connectivity index is 1.91. The van der Waals surface area contributed by atoms with Crippen LogP contribution in [-0.4, -0.2) is 24.2 Å². The van der Waals surface area contributed by atoms with Gasteiger partial charge in [0.1, 0.15) is 10.8 Å². The minimum Gasteiger partial charge on any atom is -0.465 e. The second-order valence-corrected chi connectivity index (χ2v) is 7.78. The fraction of sp³-hybridized carbons (Fsp3) is 0.368. The number of carbonyl (C=O) groups is 1. The summed E-state index contributed by atoms with van der Waals surface area (Å²) in [4.78, 5) is 15.1. The van der Waals surface area contributed by atoms with Gasteiger partial charge in [-0.1, -0.05) is 6.92 Å². The number of esters is 1. The molecule has 2 aromatic rings. The Kier molecular flexibility index (Phi) is 5.58. The molecule has 1 aromatic carbocycles. The number of methoxy groups -OCH3 is 1. The van der Waals surface area contributed by atoms with Gasteiger partial charge in [-0.2, -0.15) is 0 Å². The molecular formula is C19H21FN2O2S2. The summed E-state index contributed by atoms with van der Waals surface area (Å²) in [6, 6.07) is 6.80. The van der Waals surface area contributed by atoms with E-state index in [1.54, 1.807) is 12.1 Å². The first-order chi connectivity index (χ1) is 12.4. The highest BCUT2D eigenvalue weighted by molar-refractivity contribution is 7.80. The molecule has 1 atom stereocenters. The molecule has 3 rings (SSSR count). The molecule has 7 heteroatoms. The van der Waals surface area contributed by atoms with Gasteiger partial charge in [-0.3, -0.25) is 0 Å². The first-order valence-electron chi connectivity index (χ1n) is 8.54. The van der Waals surface area contributed by atoms with Crippen LogP contribution < -0.4 is 10.2 Å². The fourth-order valence-electron chi connectivity index (χ4n) is 3.16. The minimum absolute atomic E-state index is 0.181. The molecule has 1 aliphatic heterocycles. The number of nitrogens with zero attached hydrogens (tertiary/aromatic N) is 1. The summed E-state index contributed by atoms with van der Waals surface area (Å²) in [6.07, 6.45) is 2.53. The molecule has 1 aliphatic rings. The van der Waals surface area contributed by atoms with E-state index in [9.17, 15) is 9.18 Å². The normalized spacial score (nSPS) is 16.2. The molecule has 1 N–H and O–H groups in total. The molecule has 0 fully saturated rings. The van der Waals surface area contributed by atoms with E-state index in [2.05, 4.69) is 12.2 Å². The quantitative estimate of drug-likeness (QED) is 0.602. The van der Waals surface area contributed by atoms with Gasteiger partial charge in [-0.05, 0) is 68.2 Å². The summed E-state index contributed by atoms with van der Waals surface area (Å²) in [5, 5.41) is 4.40. The largest absolute Gasteiger partial charge is 0.465 e. The number of halogens is 1. The number of aryl methyl sites for hydroxylation is 2. The summed E-state index contributed by atoms with van der Waals surface area (Å²) < 4.78 is 18.5. The van der Waals surface area contributed by atoms with Crippen molar-refractivity contribution in [1.82, 2.24) is 0 Å². The summed E-state index contributed by atoms with van der Waals surface area (Å²) in [5.41, 5.74) is 2.34. The van der Waals surface area contributed by atoms with Crippen LogP contribution in [0.2, 0.25) is 0 Å². The maximum Gasteiger partial charge on any atom is 0.340 e. The number of hydrogen-bond acceptors (Lipinski definition) is 4. The molecule has 0 radical (unpaired) electrons. The zero-order chi connectivity index (χ0) is 18.8. The van der Waals surface area contributed by atoms with Crippen LogP contribution in [0.25, 0.3) is 0 Å². The van der Waals surface area contributed by atoms with Crippen molar-refractivity contribution in [2.75, 3.05) is 17.3 Å². The van der Waals surface area contributed by atoms with E-state index in [4.69, 9.17) is 17.0 Å². The topological polar surface area (TPSA) is 41.6 Å². The zero-order valence-corrected chi connectivity index (χ0v) is 16.6. The van der Waals surface area contributed by atoms with Crippen molar-refractivity contribution in [3.05, 3.63) is 46.1 Å². The van der Waals surface area contributed by atoms with Crippen LogP contribution in [-0.2, 0) is 17.6 Å². The van der Waals surface area contributed by atoms with Gasteiger partial charge in [0.2, 0.25) is 0 Å². The van der Waals surface area contributed by atoms with Crippen molar-refractivity contribution >= 4 is 45.3 Å². The van der Waals surface area contributed by atoms with E-state index in [1.807, 2.05) is 17.9 Å². The molecule has 0 amide bonds. The van der Waals surface area contributed by atoms with Gasteiger partial charge in [0.25, 0.3) is 0 Å². The molecule has 0 spiro atoms. The van der Waals surface area contributed by atoms with Gasteiger partial charge in [-0.15, -0.1) is 11.3 Å². The molecule has 0 bridgehead atoms. The van der Waals surface area contributed by atoms with Gasteiger partial charge < -0.3 is 15.0 Å². The zero-order valence-electron chi connectivity index (χ0n) is 15.0. The SMILES string of the molecule is CCc1cc(C(=O)OC)c(NC(=S)N2c3ccc(F)cc3CCC2C)s1. The third kappa shape index (κ3) is 3.59. The number of anilines is 2. The molecule has 1 unspecified atom stereocenters. The van der Waals surface area contributed by atoms with Crippen LogP contribution in [0.4, 0.5) is 15.1 Å². The van der Waals surface area contributed by atoms with Gasteiger partial charge in [0.05, 0.1) is 12.7 Å². The average molecular weight is 393 g/mol. The maximum absolute atomic E-state index is 13.6. The van der Waals surface area contributed by atoms with E-state index in [0.29, 0.717) is 15.7 Å². The lowest BCUT2D eigenvalue weighted by Gasteiger charge is -2.37. The summed E-state index contributed by atoms with van der Waals surface area (Å²) >= 11 is 7.14. The van der Waals surface area contributed by atoms with Crippen LogP contribution in [0.1, 0.15) is 41.1 Å². The first-order valence-corrected chi connectivity index (χ1v) is 9.76. The van der Waals surface area contributed by atoms with Gasteiger partial charge in [0, 0.05) is 16.6 Å². The highest BCUT2D eigenvalue weighted by atomic mass is 32.1. The molecule has 26 heavy (non-hydrogen) atoms. The van der Waals surface area contributed by atoms with Crippen LogP contribution in [0.3, 0.4) is 0 Å². The Bertz CT molecular complexity index is 850. The highest BCUT2D eigenvalue weighted by Crippen LogP contribution is 2.34. The molecule has 1 aromatic heterocycles. The number of fused-ring (bicyclic) bond motifs is 1. The van der Waals surface area contributed by atoms with Gasteiger partial charge >= 0.3 is 5.97 Å². The van der Waals surface area contributed by atoms with E-state index in [-0.39, 0.29) is 17.8 Å². The predicted molar refractivity (Wildman–Crippen MR) is 108 cm³/mol. The van der Waals surface area contributed by atoms with E-state index < -0.39 is 0 Å². The number of thiocarbonyl (C=S) groups is 1. The smallest absolute Gasteiger partial charge is 0.340 e. The van der Waals surface area contributed by atoms with Crippen molar-refractivity contribution in [3.8, 4) is 0 Å². The number of nitrogens with one attached hydrogen (secondary N) is 1. The van der Waals surface area contributed by atoms with Crippen molar-refractivity contribution in [2.45, 2.75) is 39.2 Å².